The average Bonchev–Trinajstić information content (AvgIpc) is 2.79. The molecule has 0 heterocycles. The van der Waals surface area contributed by atoms with Gasteiger partial charge in [0, 0.05) is 12.2 Å². The summed E-state index contributed by atoms with van der Waals surface area (Å²) in [6, 6.07) is 3.23. The molecule has 0 aliphatic heterocycles. The number of rotatable bonds is 4. The minimum absolute atomic E-state index is 0.268. The number of nitrogens with two attached hydrogens (primary N) is 1. The second-order valence-corrected chi connectivity index (χ2v) is 7.86. The van der Waals surface area contributed by atoms with E-state index in [0.717, 1.165) is 24.0 Å². The maximum Gasteiger partial charge on any atom is 0.240 e. The van der Waals surface area contributed by atoms with Gasteiger partial charge in [-0.2, -0.15) is 0 Å². The van der Waals surface area contributed by atoms with Crippen molar-refractivity contribution in [1.29, 1.82) is 0 Å². The fraction of sp³-hybridized carbons (Fsp3) is 0.600. The molecule has 1 fully saturated rings. The zero-order valence-corrected chi connectivity index (χ0v) is 13.3. The van der Waals surface area contributed by atoms with Crippen molar-refractivity contribution in [2.24, 2.45) is 11.8 Å². The van der Waals surface area contributed by atoms with Gasteiger partial charge >= 0.3 is 0 Å². The lowest BCUT2D eigenvalue weighted by molar-refractivity contribution is 0.498. The summed E-state index contributed by atoms with van der Waals surface area (Å²) >= 11 is 0. The van der Waals surface area contributed by atoms with Crippen molar-refractivity contribution in [3.63, 3.8) is 0 Å². The maximum absolute atomic E-state index is 12.3. The third-order valence-corrected chi connectivity index (χ3v) is 5.76. The van der Waals surface area contributed by atoms with Gasteiger partial charge in [-0.1, -0.05) is 13.3 Å². The number of benzene rings is 1. The van der Waals surface area contributed by atoms with Gasteiger partial charge in [-0.25, -0.2) is 13.1 Å². The van der Waals surface area contributed by atoms with E-state index in [1.54, 1.807) is 12.1 Å². The van der Waals surface area contributed by atoms with Crippen LogP contribution in [0.5, 0.6) is 0 Å². The smallest absolute Gasteiger partial charge is 0.240 e. The minimum Gasteiger partial charge on any atom is -0.398 e. The molecule has 1 aromatic rings. The van der Waals surface area contributed by atoms with Crippen LogP contribution in [0, 0.1) is 25.7 Å². The van der Waals surface area contributed by atoms with Crippen molar-refractivity contribution in [1.82, 2.24) is 4.72 Å². The molecule has 112 valence electrons. The van der Waals surface area contributed by atoms with Gasteiger partial charge in [0.25, 0.3) is 0 Å². The van der Waals surface area contributed by atoms with E-state index in [1.807, 2.05) is 13.8 Å². The van der Waals surface area contributed by atoms with E-state index in [-0.39, 0.29) is 4.90 Å². The number of nitrogen functional groups attached to an aromatic ring is 1. The van der Waals surface area contributed by atoms with Crippen molar-refractivity contribution in [3.05, 3.63) is 23.3 Å². The van der Waals surface area contributed by atoms with Gasteiger partial charge in [0.1, 0.15) is 0 Å². The molecular formula is C15H24N2O2S. The number of nitrogens with one attached hydrogen (secondary N) is 1. The summed E-state index contributed by atoms with van der Waals surface area (Å²) in [7, 11) is -3.46. The van der Waals surface area contributed by atoms with Gasteiger partial charge in [-0.3, -0.25) is 0 Å². The summed E-state index contributed by atoms with van der Waals surface area (Å²) in [5.74, 6) is 1.17. The highest BCUT2D eigenvalue weighted by atomic mass is 32.2. The standard InChI is InChI=1S/C15H24N2O2S/c1-10-4-5-13(6-10)9-17-20(18,19)14-7-11(2)12(3)15(16)8-14/h7-8,10,13,17H,4-6,9,16H2,1-3H3. The van der Waals surface area contributed by atoms with Crippen molar-refractivity contribution in [2.45, 2.75) is 44.9 Å². The monoisotopic (exact) mass is 296 g/mol. The number of aryl methyl sites for hydroxylation is 1. The van der Waals surface area contributed by atoms with Crippen LogP contribution in [0.1, 0.15) is 37.3 Å². The lowest BCUT2D eigenvalue weighted by Gasteiger charge is -2.13. The van der Waals surface area contributed by atoms with Gasteiger partial charge in [0.05, 0.1) is 4.90 Å². The Morgan fingerprint density at radius 2 is 2.00 bits per heavy atom. The Hall–Kier alpha value is -1.07. The molecule has 1 aliphatic rings. The molecule has 1 aromatic carbocycles. The molecule has 2 atom stereocenters. The highest BCUT2D eigenvalue weighted by Crippen LogP contribution is 2.30. The van der Waals surface area contributed by atoms with Crippen molar-refractivity contribution < 1.29 is 8.42 Å². The predicted octanol–water partition coefficient (Wildman–Crippen LogP) is 2.60. The average molecular weight is 296 g/mol. The van der Waals surface area contributed by atoms with Crippen LogP contribution in [0.2, 0.25) is 0 Å². The van der Waals surface area contributed by atoms with Crippen LogP contribution in [-0.4, -0.2) is 15.0 Å². The molecule has 1 aliphatic carbocycles. The minimum atomic E-state index is -3.46. The maximum atomic E-state index is 12.3. The van der Waals surface area contributed by atoms with Gasteiger partial charge in [-0.15, -0.1) is 0 Å². The Bertz CT molecular complexity index is 573. The second-order valence-electron chi connectivity index (χ2n) is 6.09. The Balaban J connectivity index is 2.10. The molecule has 3 N–H and O–H groups in total. The highest BCUT2D eigenvalue weighted by molar-refractivity contribution is 7.89. The predicted molar refractivity (Wildman–Crippen MR) is 82.0 cm³/mol. The normalized spacial score (nSPS) is 23.1. The summed E-state index contributed by atoms with van der Waals surface area (Å²) in [6.45, 7) is 6.52. The summed E-state index contributed by atoms with van der Waals surface area (Å²) in [5, 5.41) is 0. The van der Waals surface area contributed by atoms with Crippen molar-refractivity contribution >= 4 is 15.7 Å². The Morgan fingerprint density at radius 1 is 1.30 bits per heavy atom. The Morgan fingerprint density at radius 3 is 2.55 bits per heavy atom. The molecule has 0 saturated heterocycles. The van der Waals surface area contributed by atoms with Crippen LogP contribution in [-0.2, 0) is 10.0 Å². The number of hydrogen-bond acceptors (Lipinski definition) is 3. The first-order valence-corrected chi connectivity index (χ1v) is 8.64. The van der Waals surface area contributed by atoms with E-state index in [1.165, 1.54) is 6.42 Å². The van der Waals surface area contributed by atoms with E-state index in [9.17, 15) is 8.42 Å². The number of hydrogen-bond donors (Lipinski definition) is 2. The number of anilines is 1. The quantitative estimate of drug-likeness (QED) is 0.839. The fourth-order valence-electron chi connectivity index (χ4n) is 2.83. The van der Waals surface area contributed by atoms with E-state index in [4.69, 9.17) is 5.73 Å². The van der Waals surface area contributed by atoms with Crippen LogP contribution in [0.4, 0.5) is 5.69 Å². The van der Waals surface area contributed by atoms with Crippen LogP contribution >= 0.6 is 0 Å². The largest absolute Gasteiger partial charge is 0.398 e. The van der Waals surface area contributed by atoms with E-state index in [0.29, 0.717) is 24.1 Å². The topological polar surface area (TPSA) is 72.2 Å². The first-order chi connectivity index (χ1) is 9.29. The summed E-state index contributed by atoms with van der Waals surface area (Å²) in [6.07, 6.45) is 3.42. The molecule has 20 heavy (non-hydrogen) atoms. The first kappa shape index (κ1) is 15.3. The van der Waals surface area contributed by atoms with Gasteiger partial charge < -0.3 is 5.73 Å². The fourth-order valence-corrected chi connectivity index (χ4v) is 4.06. The SMILES string of the molecule is Cc1cc(S(=O)(=O)NCC2CCC(C)C2)cc(N)c1C. The first-order valence-electron chi connectivity index (χ1n) is 7.16. The summed E-state index contributed by atoms with van der Waals surface area (Å²) < 4.78 is 27.4. The molecule has 0 amide bonds. The highest BCUT2D eigenvalue weighted by Gasteiger charge is 2.24. The molecular weight excluding hydrogens is 272 g/mol. The zero-order chi connectivity index (χ0) is 14.9. The second kappa shape index (κ2) is 5.74. The summed E-state index contributed by atoms with van der Waals surface area (Å²) in [4.78, 5) is 0.268. The lowest BCUT2D eigenvalue weighted by atomic mass is 10.1. The van der Waals surface area contributed by atoms with Crippen LogP contribution < -0.4 is 10.5 Å². The van der Waals surface area contributed by atoms with Gasteiger partial charge in [0.15, 0.2) is 0 Å². The Labute approximate surface area is 121 Å². The molecule has 5 heteroatoms. The van der Waals surface area contributed by atoms with E-state index >= 15 is 0 Å². The molecule has 1 saturated carbocycles. The molecule has 0 aromatic heterocycles. The summed E-state index contributed by atoms with van der Waals surface area (Å²) in [5.41, 5.74) is 8.23. The molecule has 2 unspecified atom stereocenters. The third-order valence-electron chi connectivity index (χ3n) is 4.36. The van der Waals surface area contributed by atoms with Crippen LogP contribution in [0.25, 0.3) is 0 Å². The third kappa shape index (κ3) is 3.33. The van der Waals surface area contributed by atoms with Crippen molar-refractivity contribution in [3.8, 4) is 0 Å². The lowest BCUT2D eigenvalue weighted by Crippen LogP contribution is -2.28. The molecule has 0 radical (unpaired) electrons. The van der Waals surface area contributed by atoms with Gasteiger partial charge in [-0.05, 0) is 61.8 Å². The molecule has 4 nitrogen and oxygen atoms in total. The molecule has 0 bridgehead atoms. The van der Waals surface area contributed by atoms with Crippen LogP contribution in [0.3, 0.4) is 0 Å². The van der Waals surface area contributed by atoms with E-state index < -0.39 is 10.0 Å². The van der Waals surface area contributed by atoms with Gasteiger partial charge in [0.2, 0.25) is 10.0 Å². The number of sulfonamides is 1. The van der Waals surface area contributed by atoms with E-state index in [2.05, 4.69) is 11.6 Å². The van der Waals surface area contributed by atoms with Crippen molar-refractivity contribution in [2.75, 3.05) is 12.3 Å². The molecule has 0 spiro atoms. The molecule has 2 rings (SSSR count). The Kier molecular flexibility index (Phi) is 4.39. The van der Waals surface area contributed by atoms with Crippen LogP contribution in [0.15, 0.2) is 17.0 Å². The zero-order valence-electron chi connectivity index (χ0n) is 12.4.